The van der Waals surface area contributed by atoms with Crippen molar-refractivity contribution in [3.05, 3.63) is 29.8 Å². The lowest BCUT2D eigenvalue weighted by Gasteiger charge is -2.23. The number of nitrogens with zero attached hydrogens (tertiary/aromatic N) is 2. The number of carbonyl (C=O) groups is 3. The van der Waals surface area contributed by atoms with Crippen LogP contribution in [0.2, 0.25) is 0 Å². The molecule has 1 unspecified atom stereocenters. The maximum Gasteiger partial charge on any atom is 0.321 e. The fourth-order valence-corrected chi connectivity index (χ4v) is 2.81. The first-order valence-electron chi connectivity index (χ1n) is 8.37. The molecule has 26 heavy (non-hydrogen) atoms. The lowest BCUT2D eigenvalue weighted by molar-refractivity contribution is -0.121. The largest absolute Gasteiger partial charge is 0.330 e. The van der Waals surface area contributed by atoms with Crippen LogP contribution in [0.25, 0.3) is 0 Å². The molecule has 0 spiro atoms. The Morgan fingerprint density at radius 1 is 1.27 bits per heavy atom. The van der Waals surface area contributed by atoms with Crippen molar-refractivity contribution in [2.45, 2.75) is 43.8 Å². The van der Waals surface area contributed by atoms with Crippen molar-refractivity contribution >= 4 is 23.5 Å². The number of benzene rings is 1. The third-order valence-corrected chi connectivity index (χ3v) is 4.35. The van der Waals surface area contributed by atoms with E-state index in [9.17, 15) is 14.4 Å². The molecule has 1 saturated heterocycles. The number of terminal acetylenes is 1. The van der Waals surface area contributed by atoms with Gasteiger partial charge in [-0.25, -0.2) is 4.79 Å². The highest BCUT2D eigenvalue weighted by atomic mass is 16.2. The second kappa shape index (κ2) is 7.35. The molecule has 1 atom stereocenters. The number of rotatable bonds is 7. The van der Waals surface area contributed by atoms with E-state index in [1.54, 1.807) is 24.3 Å². The van der Waals surface area contributed by atoms with E-state index in [4.69, 9.17) is 6.42 Å². The summed E-state index contributed by atoms with van der Waals surface area (Å²) in [6.45, 7) is 0. The zero-order valence-electron chi connectivity index (χ0n) is 14.1. The molecule has 2 aliphatic heterocycles. The maximum absolute atomic E-state index is 12.1. The molecule has 8 heteroatoms. The minimum atomic E-state index is -0.502. The third-order valence-electron chi connectivity index (χ3n) is 4.35. The lowest BCUT2D eigenvalue weighted by Crippen LogP contribution is -2.48. The predicted octanol–water partition coefficient (Wildman–Crippen LogP) is 2.25. The highest BCUT2D eigenvalue weighted by Gasteiger charge is 2.39. The van der Waals surface area contributed by atoms with E-state index < -0.39 is 11.7 Å². The Hall–Kier alpha value is -3.21. The molecule has 1 fully saturated rings. The van der Waals surface area contributed by atoms with E-state index in [1.165, 1.54) is 0 Å². The Morgan fingerprint density at radius 3 is 2.62 bits per heavy atom. The Morgan fingerprint density at radius 2 is 2.00 bits per heavy atom. The molecule has 2 aliphatic rings. The Kier molecular flexibility index (Phi) is 4.98. The zero-order chi connectivity index (χ0) is 18.6. The SMILES string of the molecule is C#CCCC1(CCC(=O)Nc2ccc(C3CC(=O)NC(=O)N3)cc2)N=N1. The maximum atomic E-state index is 12.1. The van der Waals surface area contributed by atoms with Gasteiger partial charge in [0.15, 0.2) is 5.66 Å². The molecule has 1 aromatic rings. The van der Waals surface area contributed by atoms with Crippen LogP contribution in [0.3, 0.4) is 0 Å². The van der Waals surface area contributed by atoms with Crippen LogP contribution in [0.4, 0.5) is 10.5 Å². The lowest BCUT2D eigenvalue weighted by atomic mass is 10.0. The van der Waals surface area contributed by atoms with Crippen molar-refractivity contribution in [1.82, 2.24) is 10.6 Å². The predicted molar refractivity (Wildman–Crippen MR) is 94.0 cm³/mol. The molecule has 3 rings (SSSR count). The topological polar surface area (TPSA) is 112 Å². The third kappa shape index (κ3) is 4.45. The fourth-order valence-electron chi connectivity index (χ4n) is 2.81. The molecule has 2 heterocycles. The zero-order valence-corrected chi connectivity index (χ0v) is 14.1. The van der Waals surface area contributed by atoms with Gasteiger partial charge in [-0.2, -0.15) is 10.2 Å². The van der Waals surface area contributed by atoms with Crippen molar-refractivity contribution in [3.8, 4) is 12.3 Å². The van der Waals surface area contributed by atoms with E-state index >= 15 is 0 Å². The molecule has 4 amide bonds. The van der Waals surface area contributed by atoms with E-state index in [-0.39, 0.29) is 24.3 Å². The first-order chi connectivity index (χ1) is 12.5. The normalized spacial score (nSPS) is 19.9. The van der Waals surface area contributed by atoms with Gasteiger partial charge in [-0.15, -0.1) is 12.3 Å². The number of amides is 4. The van der Waals surface area contributed by atoms with Gasteiger partial charge in [-0.1, -0.05) is 12.1 Å². The summed E-state index contributed by atoms with van der Waals surface area (Å²) in [6.07, 6.45) is 7.54. The van der Waals surface area contributed by atoms with Gasteiger partial charge in [0.1, 0.15) is 0 Å². The molecular weight excluding hydrogens is 334 g/mol. The van der Waals surface area contributed by atoms with Crippen LogP contribution in [-0.4, -0.2) is 23.5 Å². The second-order valence-electron chi connectivity index (χ2n) is 6.34. The van der Waals surface area contributed by atoms with E-state index in [0.29, 0.717) is 31.4 Å². The van der Waals surface area contributed by atoms with Crippen LogP contribution in [-0.2, 0) is 9.59 Å². The van der Waals surface area contributed by atoms with Gasteiger partial charge in [0.2, 0.25) is 11.8 Å². The Labute approximate surface area is 150 Å². The molecule has 134 valence electrons. The van der Waals surface area contributed by atoms with Gasteiger partial charge in [0.05, 0.1) is 12.5 Å². The standard InChI is InChI=1S/C18H19N5O3/c1-2-3-9-18(22-23-18)10-8-15(24)19-13-6-4-12(5-7-13)14-11-16(25)21-17(26)20-14/h1,4-7,14H,3,8-11H2,(H,19,24)(H2,20,21,25,26). The van der Waals surface area contributed by atoms with Crippen molar-refractivity contribution in [1.29, 1.82) is 0 Å². The first-order valence-corrected chi connectivity index (χ1v) is 8.37. The Balaban J connectivity index is 1.49. The smallest absolute Gasteiger partial charge is 0.321 e. The second-order valence-corrected chi connectivity index (χ2v) is 6.34. The highest BCUT2D eigenvalue weighted by Crippen LogP contribution is 2.37. The van der Waals surface area contributed by atoms with Crippen molar-refractivity contribution in [2.24, 2.45) is 10.2 Å². The molecule has 0 radical (unpaired) electrons. The molecule has 8 nitrogen and oxygen atoms in total. The first kappa shape index (κ1) is 17.6. The number of imide groups is 1. The fraction of sp³-hybridized carbons (Fsp3) is 0.389. The summed E-state index contributed by atoms with van der Waals surface area (Å²) >= 11 is 0. The number of anilines is 1. The molecule has 0 saturated carbocycles. The average Bonchev–Trinajstić information content (AvgIpc) is 3.38. The summed E-state index contributed by atoms with van der Waals surface area (Å²) in [6, 6.07) is 6.17. The molecule has 1 aromatic carbocycles. The summed E-state index contributed by atoms with van der Waals surface area (Å²) in [7, 11) is 0. The van der Waals surface area contributed by atoms with Crippen LogP contribution >= 0.6 is 0 Å². The number of hydrogen-bond acceptors (Lipinski definition) is 5. The van der Waals surface area contributed by atoms with Gasteiger partial charge < -0.3 is 10.6 Å². The number of nitrogens with one attached hydrogen (secondary N) is 3. The minimum absolute atomic E-state index is 0.125. The highest BCUT2D eigenvalue weighted by molar-refractivity contribution is 5.97. The monoisotopic (exact) mass is 353 g/mol. The van der Waals surface area contributed by atoms with Gasteiger partial charge in [-0.05, 0) is 17.7 Å². The van der Waals surface area contributed by atoms with Crippen LogP contribution in [0.15, 0.2) is 34.5 Å². The molecule has 0 bridgehead atoms. The summed E-state index contributed by atoms with van der Waals surface area (Å²) in [4.78, 5) is 34.9. The summed E-state index contributed by atoms with van der Waals surface area (Å²) in [5.41, 5.74) is 0.982. The van der Waals surface area contributed by atoms with Crippen LogP contribution in [0.1, 0.15) is 43.7 Å². The quantitative estimate of drug-likeness (QED) is 0.654. The summed E-state index contributed by atoms with van der Waals surface area (Å²) in [5, 5.41) is 15.7. The van der Waals surface area contributed by atoms with Crippen molar-refractivity contribution in [3.63, 3.8) is 0 Å². The van der Waals surface area contributed by atoms with E-state index in [1.807, 2.05) is 0 Å². The minimum Gasteiger partial charge on any atom is -0.330 e. The molecule has 0 aromatic heterocycles. The van der Waals surface area contributed by atoms with E-state index in [0.717, 1.165) is 5.56 Å². The van der Waals surface area contributed by atoms with Crippen molar-refractivity contribution in [2.75, 3.05) is 5.32 Å². The summed E-state index contributed by atoms with van der Waals surface area (Å²) in [5.74, 6) is 2.12. The number of urea groups is 1. The number of hydrogen-bond donors (Lipinski definition) is 3. The molecule has 3 N–H and O–H groups in total. The summed E-state index contributed by atoms with van der Waals surface area (Å²) < 4.78 is 0. The average molecular weight is 353 g/mol. The van der Waals surface area contributed by atoms with Gasteiger partial charge >= 0.3 is 6.03 Å². The Bertz CT molecular complexity index is 772. The molecular formula is C18H19N5O3. The van der Waals surface area contributed by atoms with E-state index in [2.05, 4.69) is 32.1 Å². The van der Waals surface area contributed by atoms with Crippen LogP contribution in [0.5, 0.6) is 0 Å². The molecule has 0 aliphatic carbocycles. The number of carbonyl (C=O) groups excluding carboxylic acids is 3. The van der Waals surface area contributed by atoms with Gasteiger partial charge in [0, 0.05) is 31.4 Å². The van der Waals surface area contributed by atoms with Crippen molar-refractivity contribution < 1.29 is 14.4 Å². The van der Waals surface area contributed by atoms with Crippen LogP contribution in [0, 0.1) is 12.3 Å². The van der Waals surface area contributed by atoms with Gasteiger partial charge in [0.25, 0.3) is 0 Å². The van der Waals surface area contributed by atoms with Gasteiger partial charge in [-0.3, -0.25) is 14.9 Å². The van der Waals surface area contributed by atoms with Crippen LogP contribution < -0.4 is 16.0 Å².